The van der Waals surface area contributed by atoms with Crippen LogP contribution in [0.5, 0.6) is 0 Å². The summed E-state index contributed by atoms with van der Waals surface area (Å²) in [4.78, 5) is 16.3. The first kappa shape index (κ1) is 9.34. The molecule has 0 radical (unpaired) electrons. The summed E-state index contributed by atoms with van der Waals surface area (Å²) in [5.74, 6) is 0. The number of nitrogens with zero attached hydrogens (tertiary/aromatic N) is 1. The second-order valence-electron chi connectivity index (χ2n) is 1.38. The molecule has 5 nitrogen and oxygen atoms in total. The van der Waals surface area contributed by atoms with Crippen molar-refractivity contribution in [3.8, 4) is 6.07 Å². The van der Waals surface area contributed by atoms with Gasteiger partial charge < -0.3 is 9.79 Å². The van der Waals surface area contributed by atoms with Gasteiger partial charge in [-0.3, -0.25) is 4.52 Å². The lowest BCUT2D eigenvalue weighted by Gasteiger charge is -2.05. The third kappa shape index (κ3) is 4.24. The van der Waals surface area contributed by atoms with E-state index in [1.165, 1.54) is 6.07 Å². The molecule has 0 aromatic carbocycles. The molecule has 1 atom stereocenters. The number of phosphoric acid groups is 1. The van der Waals surface area contributed by atoms with Crippen LogP contribution in [0.4, 0.5) is 0 Å². The van der Waals surface area contributed by atoms with Gasteiger partial charge >= 0.3 is 7.82 Å². The zero-order valence-electron chi connectivity index (χ0n) is 4.97. The van der Waals surface area contributed by atoms with Gasteiger partial charge in [-0.15, -0.1) is 0 Å². The monoisotopic (exact) mass is 163 g/mol. The number of phosphoric ester groups is 1. The molecule has 0 amide bonds. The van der Waals surface area contributed by atoms with Gasteiger partial charge in [0.25, 0.3) is 0 Å². The summed E-state index contributed by atoms with van der Waals surface area (Å²) in [6, 6.07) is 1.48. The molecule has 0 saturated carbocycles. The van der Waals surface area contributed by atoms with Crippen molar-refractivity contribution in [3.05, 3.63) is 12.7 Å². The summed E-state index contributed by atoms with van der Waals surface area (Å²) in [5, 5.41) is 8.10. The maximum absolute atomic E-state index is 10.0. The third-order valence-electron chi connectivity index (χ3n) is 0.592. The van der Waals surface area contributed by atoms with Crippen molar-refractivity contribution in [2.45, 2.75) is 6.10 Å². The summed E-state index contributed by atoms with van der Waals surface area (Å²) >= 11 is 0. The minimum absolute atomic E-state index is 0.999. The van der Waals surface area contributed by atoms with E-state index in [9.17, 15) is 4.57 Å². The Bertz CT molecular complexity index is 202. The van der Waals surface area contributed by atoms with E-state index in [-0.39, 0.29) is 0 Å². The predicted octanol–water partition coefficient (Wildman–Crippen LogP) is 0.174. The molecule has 10 heavy (non-hydrogen) atoms. The smallest absolute Gasteiger partial charge is 0.303 e. The first-order chi connectivity index (χ1) is 4.49. The first-order valence-corrected chi connectivity index (χ1v) is 3.79. The van der Waals surface area contributed by atoms with Crippen molar-refractivity contribution in [2.75, 3.05) is 0 Å². The Morgan fingerprint density at radius 2 is 2.30 bits per heavy atom. The Labute approximate surface area is 57.8 Å². The summed E-state index contributed by atoms with van der Waals surface area (Å²) in [5.41, 5.74) is 0. The van der Waals surface area contributed by atoms with Gasteiger partial charge in [-0.2, -0.15) is 5.26 Å². The van der Waals surface area contributed by atoms with Crippen molar-refractivity contribution in [2.24, 2.45) is 0 Å². The quantitative estimate of drug-likeness (QED) is 0.457. The molecule has 0 heterocycles. The van der Waals surface area contributed by atoms with Crippen LogP contribution in [0.2, 0.25) is 0 Å². The summed E-state index contributed by atoms with van der Waals surface area (Å²) < 4.78 is 14.0. The molecule has 0 aromatic heterocycles. The molecule has 0 saturated heterocycles. The number of rotatable bonds is 3. The highest BCUT2D eigenvalue weighted by Crippen LogP contribution is 2.37. The van der Waals surface area contributed by atoms with Crippen LogP contribution in [0.15, 0.2) is 12.7 Å². The fraction of sp³-hybridized carbons (Fsp3) is 0.250. The molecule has 0 spiro atoms. The minimum Gasteiger partial charge on any atom is -0.303 e. The lowest BCUT2D eigenvalue weighted by molar-refractivity contribution is 0.188. The first-order valence-electron chi connectivity index (χ1n) is 2.25. The number of hydrogen-bond donors (Lipinski definition) is 2. The zero-order chi connectivity index (χ0) is 8.20. The molecule has 0 fully saturated rings. The molecule has 2 N–H and O–H groups in total. The zero-order valence-corrected chi connectivity index (χ0v) is 5.86. The Kier molecular flexibility index (Phi) is 3.26. The lowest BCUT2D eigenvalue weighted by atomic mass is 10.4. The molecule has 6 heteroatoms. The van der Waals surface area contributed by atoms with E-state index in [0.717, 1.165) is 6.08 Å². The van der Waals surface area contributed by atoms with E-state index >= 15 is 0 Å². The van der Waals surface area contributed by atoms with Crippen LogP contribution in [-0.2, 0) is 9.09 Å². The molecule has 0 aliphatic heterocycles. The highest BCUT2D eigenvalue weighted by molar-refractivity contribution is 7.46. The van der Waals surface area contributed by atoms with Gasteiger partial charge in [0, 0.05) is 0 Å². The van der Waals surface area contributed by atoms with Crippen molar-refractivity contribution in [1.82, 2.24) is 0 Å². The van der Waals surface area contributed by atoms with Crippen LogP contribution in [0.3, 0.4) is 0 Å². The van der Waals surface area contributed by atoms with Crippen LogP contribution < -0.4 is 0 Å². The molecule has 0 bridgehead atoms. The van der Waals surface area contributed by atoms with E-state index in [0.29, 0.717) is 0 Å². The van der Waals surface area contributed by atoms with E-state index in [1.807, 2.05) is 0 Å². The standard InChI is InChI=1S/C4H6NO4P/c1-2-4(3-5)9-10(6,7)8/h2,4H,1H2,(H2,6,7,8). The van der Waals surface area contributed by atoms with Gasteiger partial charge in [-0.05, 0) is 6.08 Å². The van der Waals surface area contributed by atoms with Gasteiger partial charge in [0.2, 0.25) is 0 Å². The van der Waals surface area contributed by atoms with Crippen LogP contribution >= 0.6 is 7.82 Å². The van der Waals surface area contributed by atoms with E-state index in [1.54, 1.807) is 0 Å². The third-order valence-corrected chi connectivity index (χ3v) is 1.09. The molecular formula is C4H6NO4P. The van der Waals surface area contributed by atoms with Crippen LogP contribution in [-0.4, -0.2) is 15.9 Å². The average Bonchev–Trinajstić information content (AvgIpc) is 1.81. The molecule has 0 aliphatic carbocycles. The SMILES string of the molecule is C=CC(C#N)OP(=O)(O)O. The molecule has 56 valence electrons. The molecule has 0 aliphatic rings. The summed E-state index contributed by atoms with van der Waals surface area (Å²) in [6.45, 7) is 3.13. The van der Waals surface area contributed by atoms with Crippen molar-refractivity contribution < 1.29 is 18.9 Å². The van der Waals surface area contributed by atoms with E-state index < -0.39 is 13.9 Å². The molecular weight excluding hydrogens is 157 g/mol. The van der Waals surface area contributed by atoms with Crippen LogP contribution in [0.1, 0.15) is 0 Å². The van der Waals surface area contributed by atoms with Gasteiger partial charge in [-0.25, -0.2) is 4.57 Å². The summed E-state index contributed by atoms with van der Waals surface area (Å²) in [6.07, 6.45) is -0.250. The predicted molar refractivity (Wildman–Crippen MR) is 32.7 cm³/mol. The second kappa shape index (κ2) is 3.49. The fourth-order valence-electron chi connectivity index (χ4n) is 0.267. The Morgan fingerprint density at radius 1 is 1.80 bits per heavy atom. The fourth-order valence-corrected chi connectivity index (χ4v) is 0.696. The van der Waals surface area contributed by atoms with Gasteiger partial charge in [0.05, 0.1) is 6.07 Å². The topological polar surface area (TPSA) is 90.5 Å². The molecule has 0 rings (SSSR count). The molecule has 1 unspecified atom stereocenters. The second-order valence-corrected chi connectivity index (χ2v) is 2.57. The Balaban J connectivity index is 4.03. The Hall–Kier alpha value is -0.660. The van der Waals surface area contributed by atoms with Crippen molar-refractivity contribution in [3.63, 3.8) is 0 Å². The maximum atomic E-state index is 10.0. The Morgan fingerprint density at radius 3 is 2.40 bits per heavy atom. The lowest BCUT2D eigenvalue weighted by Crippen LogP contribution is -2.03. The number of nitriles is 1. The van der Waals surface area contributed by atoms with Crippen LogP contribution in [0.25, 0.3) is 0 Å². The van der Waals surface area contributed by atoms with E-state index in [2.05, 4.69) is 11.1 Å². The average molecular weight is 163 g/mol. The highest BCUT2D eigenvalue weighted by Gasteiger charge is 2.18. The highest BCUT2D eigenvalue weighted by atomic mass is 31.2. The summed E-state index contributed by atoms with van der Waals surface area (Å²) in [7, 11) is -4.55. The number of hydrogen-bond acceptors (Lipinski definition) is 3. The van der Waals surface area contributed by atoms with Crippen molar-refractivity contribution in [1.29, 1.82) is 5.26 Å². The van der Waals surface area contributed by atoms with E-state index in [4.69, 9.17) is 15.0 Å². The molecule has 0 aromatic rings. The van der Waals surface area contributed by atoms with Crippen molar-refractivity contribution >= 4 is 7.82 Å². The van der Waals surface area contributed by atoms with Crippen LogP contribution in [0, 0.1) is 11.3 Å². The van der Waals surface area contributed by atoms with Gasteiger partial charge in [0.1, 0.15) is 0 Å². The minimum atomic E-state index is -4.55. The largest absolute Gasteiger partial charge is 0.471 e. The van der Waals surface area contributed by atoms with Gasteiger partial charge in [0.15, 0.2) is 6.10 Å². The maximum Gasteiger partial charge on any atom is 0.471 e. The van der Waals surface area contributed by atoms with Gasteiger partial charge in [-0.1, -0.05) is 6.58 Å². The normalized spacial score (nSPS) is 13.7.